The van der Waals surface area contributed by atoms with Crippen LogP contribution in [0.1, 0.15) is 13.8 Å². The molecule has 0 aliphatic heterocycles. The van der Waals surface area contributed by atoms with Crippen LogP contribution in [-0.4, -0.2) is 41.2 Å². The number of carbonyl (C=O) groups is 2. The van der Waals surface area contributed by atoms with Gasteiger partial charge in [0.1, 0.15) is 6.54 Å². The lowest BCUT2D eigenvalue weighted by Crippen LogP contribution is -2.32. The van der Waals surface area contributed by atoms with Crippen molar-refractivity contribution in [2.45, 2.75) is 26.4 Å². The number of carbonyl (C=O) groups excluding carboxylic acids is 2. The van der Waals surface area contributed by atoms with Gasteiger partial charge in [-0.25, -0.2) is 0 Å². The molecule has 2 amide bonds. The number of aromatic nitrogens is 2. The molecule has 100 valence electrons. The molecule has 1 aromatic rings. The summed E-state index contributed by atoms with van der Waals surface area (Å²) in [6.45, 7) is 4.32. The summed E-state index contributed by atoms with van der Waals surface area (Å²) < 4.78 is 1.46. The normalized spacial score (nSPS) is 10.4. The predicted molar refractivity (Wildman–Crippen MR) is 68.1 cm³/mol. The van der Waals surface area contributed by atoms with Gasteiger partial charge in [-0.2, -0.15) is 5.10 Å². The highest BCUT2D eigenvalue weighted by atomic mass is 16.2. The molecule has 0 fully saturated rings. The van der Waals surface area contributed by atoms with Crippen molar-refractivity contribution in [2.75, 3.05) is 18.9 Å². The zero-order valence-corrected chi connectivity index (χ0v) is 10.9. The largest absolute Gasteiger partial charge is 0.358 e. The standard InChI is InChI=1S/C11H19N5O2/c1-8(2)13-5-10(17)15-9-4-14-16(6-9)7-11(18)12-3/h4,6,8,13H,5,7H2,1-3H3,(H,12,18)(H,15,17). The van der Waals surface area contributed by atoms with E-state index < -0.39 is 0 Å². The monoisotopic (exact) mass is 253 g/mol. The first-order valence-electron chi connectivity index (χ1n) is 5.77. The molecule has 1 aromatic heterocycles. The van der Waals surface area contributed by atoms with Crippen LogP contribution >= 0.6 is 0 Å². The average Bonchev–Trinajstić information content (AvgIpc) is 2.73. The van der Waals surface area contributed by atoms with Gasteiger partial charge in [-0.3, -0.25) is 14.3 Å². The highest BCUT2D eigenvalue weighted by molar-refractivity contribution is 5.92. The van der Waals surface area contributed by atoms with Crippen LogP contribution < -0.4 is 16.0 Å². The van der Waals surface area contributed by atoms with Crippen LogP contribution in [0.25, 0.3) is 0 Å². The van der Waals surface area contributed by atoms with Crippen molar-refractivity contribution in [3.05, 3.63) is 12.4 Å². The molecule has 0 bridgehead atoms. The maximum absolute atomic E-state index is 11.5. The highest BCUT2D eigenvalue weighted by Gasteiger charge is 2.06. The number of hydrogen-bond donors (Lipinski definition) is 3. The number of amides is 2. The summed E-state index contributed by atoms with van der Waals surface area (Å²) in [6.07, 6.45) is 3.12. The minimum atomic E-state index is -0.141. The molecule has 3 N–H and O–H groups in total. The van der Waals surface area contributed by atoms with Crippen LogP contribution in [0.4, 0.5) is 5.69 Å². The third-order valence-corrected chi connectivity index (χ3v) is 2.17. The SMILES string of the molecule is CNC(=O)Cn1cc(NC(=O)CNC(C)C)cn1. The molecule has 0 aromatic carbocycles. The molecule has 0 aliphatic carbocycles. The minimum Gasteiger partial charge on any atom is -0.358 e. The van der Waals surface area contributed by atoms with E-state index in [1.807, 2.05) is 13.8 Å². The van der Waals surface area contributed by atoms with Gasteiger partial charge in [0.25, 0.3) is 0 Å². The van der Waals surface area contributed by atoms with E-state index in [0.29, 0.717) is 5.69 Å². The average molecular weight is 253 g/mol. The van der Waals surface area contributed by atoms with E-state index in [-0.39, 0.29) is 30.9 Å². The topological polar surface area (TPSA) is 88.0 Å². The molecule has 0 aliphatic rings. The van der Waals surface area contributed by atoms with Gasteiger partial charge in [-0.05, 0) is 0 Å². The molecule has 0 unspecified atom stereocenters. The lowest BCUT2D eigenvalue weighted by Gasteiger charge is -2.07. The minimum absolute atomic E-state index is 0.136. The van der Waals surface area contributed by atoms with E-state index in [2.05, 4.69) is 21.0 Å². The molecule has 1 rings (SSSR count). The molecule has 7 nitrogen and oxygen atoms in total. The first-order chi connectivity index (χ1) is 8.51. The second-order valence-electron chi connectivity index (χ2n) is 4.18. The third-order valence-electron chi connectivity index (χ3n) is 2.17. The number of anilines is 1. The molecule has 18 heavy (non-hydrogen) atoms. The van der Waals surface area contributed by atoms with Crippen molar-refractivity contribution in [1.29, 1.82) is 0 Å². The summed E-state index contributed by atoms with van der Waals surface area (Å²) in [6, 6.07) is 0.256. The fourth-order valence-electron chi connectivity index (χ4n) is 1.24. The van der Waals surface area contributed by atoms with Gasteiger partial charge in [-0.15, -0.1) is 0 Å². The van der Waals surface area contributed by atoms with Crippen LogP contribution in [0, 0.1) is 0 Å². The Morgan fingerprint density at radius 1 is 1.39 bits per heavy atom. The first-order valence-corrected chi connectivity index (χ1v) is 5.77. The molecule has 1 heterocycles. The van der Waals surface area contributed by atoms with Crippen molar-refractivity contribution < 1.29 is 9.59 Å². The fraction of sp³-hybridized carbons (Fsp3) is 0.545. The Kier molecular flexibility index (Phi) is 5.31. The summed E-state index contributed by atoms with van der Waals surface area (Å²) in [7, 11) is 1.56. The lowest BCUT2D eigenvalue weighted by molar-refractivity contribution is -0.121. The quantitative estimate of drug-likeness (QED) is 0.641. The van der Waals surface area contributed by atoms with Gasteiger partial charge in [0.15, 0.2) is 0 Å². The Morgan fingerprint density at radius 2 is 2.11 bits per heavy atom. The Morgan fingerprint density at radius 3 is 2.72 bits per heavy atom. The summed E-state index contributed by atoms with van der Waals surface area (Å²) in [5.74, 6) is -0.277. The second kappa shape index (κ2) is 6.75. The van der Waals surface area contributed by atoms with E-state index in [0.717, 1.165) is 0 Å². The van der Waals surface area contributed by atoms with Gasteiger partial charge in [0.2, 0.25) is 11.8 Å². The Bertz CT molecular complexity index is 413. The molecular weight excluding hydrogens is 234 g/mol. The number of nitrogens with zero attached hydrogens (tertiary/aromatic N) is 2. The van der Waals surface area contributed by atoms with E-state index in [9.17, 15) is 9.59 Å². The van der Waals surface area contributed by atoms with Gasteiger partial charge >= 0.3 is 0 Å². The van der Waals surface area contributed by atoms with E-state index >= 15 is 0 Å². The summed E-state index contributed by atoms with van der Waals surface area (Å²) >= 11 is 0. The summed E-state index contributed by atoms with van der Waals surface area (Å²) in [5, 5.41) is 12.2. The predicted octanol–water partition coefficient (Wildman–Crippen LogP) is -0.434. The van der Waals surface area contributed by atoms with Crippen LogP contribution in [0.3, 0.4) is 0 Å². The number of likely N-dealkylation sites (N-methyl/N-ethyl adjacent to an activating group) is 1. The van der Waals surface area contributed by atoms with Crippen LogP contribution in [-0.2, 0) is 16.1 Å². The number of nitrogens with one attached hydrogen (secondary N) is 3. The zero-order chi connectivity index (χ0) is 13.5. The molecule has 0 saturated heterocycles. The van der Waals surface area contributed by atoms with Gasteiger partial charge in [0.05, 0.1) is 18.4 Å². The van der Waals surface area contributed by atoms with E-state index in [1.165, 1.54) is 10.9 Å². The van der Waals surface area contributed by atoms with Gasteiger partial charge in [0, 0.05) is 19.3 Å². The molecule has 7 heteroatoms. The summed E-state index contributed by atoms with van der Waals surface area (Å²) in [5.41, 5.74) is 0.578. The summed E-state index contributed by atoms with van der Waals surface area (Å²) in [4.78, 5) is 22.6. The maximum Gasteiger partial charge on any atom is 0.241 e. The highest BCUT2D eigenvalue weighted by Crippen LogP contribution is 2.04. The van der Waals surface area contributed by atoms with E-state index in [4.69, 9.17) is 0 Å². The maximum atomic E-state index is 11.5. The van der Waals surface area contributed by atoms with Crippen LogP contribution in [0.15, 0.2) is 12.4 Å². The van der Waals surface area contributed by atoms with Crippen LogP contribution in [0.5, 0.6) is 0 Å². The Hall–Kier alpha value is -1.89. The number of rotatable bonds is 6. The Labute approximate surface area is 106 Å². The first kappa shape index (κ1) is 14.2. The number of hydrogen-bond acceptors (Lipinski definition) is 4. The third kappa shape index (κ3) is 4.96. The molecule has 0 atom stereocenters. The Balaban J connectivity index is 2.43. The fourth-order valence-corrected chi connectivity index (χ4v) is 1.24. The second-order valence-corrected chi connectivity index (χ2v) is 4.18. The van der Waals surface area contributed by atoms with Gasteiger partial charge in [-0.1, -0.05) is 13.8 Å². The van der Waals surface area contributed by atoms with Crippen molar-refractivity contribution >= 4 is 17.5 Å². The molecular formula is C11H19N5O2. The zero-order valence-electron chi connectivity index (χ0n) is 10.9. The molecule has 0 radical (unpaired) electrons. The van der Waals surface area contributed by atoms with E-state index in [1.54, 1.807) is 13.2 Å². The lowest BCUT2D eigenvalue weighted by atomic mass is 10.4. The van der Waals surface area contributed by atoms with Crippen molar-refractivity contribution in [3.63, 3.8) is 0 Å². The molecule has 0 saturated carbocycles. The van der Waals surface area contributed by atoms with Gasteiger partial charge < -0.3 is 16.0 Å². The van der Waals surface area contributed by atoms with Crippen molar-refractivity contribution in [3.8, 4) is 0 Å². The smallest absolute Gasteiger partial charge is 0.241 e. The van der Waals surface area contributed by atoms with Crippen molar-refractivity contribution in [1.82, 2.24) is 20.4 Å². The van der Waals surface area contributed by atoms with Crippen LogP contribution in [0.2, 0.25) is 0 Å². The molecule has 0 spiro atoms. The van der Waals surface area contributed by atoms with Crippen molar-refractivity contribution in [2.24, 2.45) is 0 Å².